The van der Waals surface area contributed by atoms with Crippen LogP contribution in [-0.2, 0) is 4.79 Å². The topological polar surface area (TPSA) is 41.1 Å². The van der Waals surface area contributed by atoms with Crippen LogP contribution in [0.2, 0.25) is 5.02 Å². The van der Waals surface area contributed by atoms with E-state index in [2.05, 4.69) is 10.6 Å². The van der Waals surface area contributed by atoms with E-state index >= 15 is 0 Å². The van der Waals surface area contributed by atoms with E-state index in [1.165, 1.54) is 25.0 Å². The van der Waals surface area contributed by atoms with Crippen LogP contribution in [0.15, 0.2) is 18.2 Å². The average Bonchev–Trinajstić information content (AvgIpc) is 2.73. The molecular formula is C15H18ClFN2O. The van der Waals surface area contributed by atoms with Gasteiger partial charge in [-0.2, -0.15) is 0 Å². The summed E-state index contributed by atoms with van der Waals surface area (Å²) in [6.07, 6.45) is 5.10. The molecule has 1 aromatic rings. The molecular weight excluding hydrogens is 279 g/mol. The van der Waals surface area contributed by atoms with Gasteiger partial charge in [0.15, 0.2) is 0 Å². The van der Waals surface area contributed by atoms with Gasteiger partial charge >= 0.3 is 0 Å². The zero-order valence-electron chi connectivity index (χ0n) is 11.2. The lowest BCUT2D eigenvalue weighted by atomic mass is 9.89. The van der Waals surface area contributed by atoms with Gasteiger partial charge in [0.1, 0.15) is 5.82 Å². The van der Waals surface area contributed by atoms with E-state index in [4.69, 9.17) is 11.6 Å². The highest BCUT2D eigenvalue weighted by Crippen LogP contribution is 2.32. The Balaban J connectivity index is 1.55. The highest BCUT2D eigenvalue weighted by molar-refractivity contribution is 6.30. The minimum absolute atomic E-state index is 0.0435. The van der Waals surface area contributed by atoms with Crippen molar-refractivity contribution in [3.8, 4) is 0 Å². The molecule has 108 valence electrons. The predicted molar refractivity (Wildman–Crippen MR) is 77.3 cm³/mol. The molecule has 3 rings (SSSR count). The highest BCUT2D eigenvalue weighted by Gasteiger charge is 2.34. The van der Waals surface area contributed by atoms with E-state index in [-0.39, 0.29) is 10.9 Å². The second-order valence-corrected chi connectivity index (χ2v) is 6.26. The van der Waals surface area contributed by atoms with Gasteiger partial charge < -0.3 is 10.6 Å². The molecule has 20 heavy (non-hydrogen) atoms. The predicted octanol–water partition coefficient (Wildman–Crippen LogP) is 3.34. The molecule has 0 saturated carbocycles. The first-order valence-corrected chi connectivity index (χ1v) is 7.49. The second-order valence-electron chi connectivity index (χ2n) is 5.86. The fraction of sp³-hybridized carbons (Fsp3) is 0.533. The summed E-state index contributed by atoms with van der Waals surface area (Å²) in [5.74, 6) is -0.117. The highest BCUT2D eigenvalue weighted by atomic mass is 35.5. The number of anilines is 1. The van der Waals surface area contributed by atoms with E-state index in [1.807, 2.05) is 0 Å². The molecule has 0 radical (unpaired) electrons. The van der Waals surface area contributed by atoms with Crippen molar-refractivity contribution < 1.29 is 9.18 Å². The fourth-order valence-corrected chi connectivity index (χ4v) is 3.51. The third-order valence-corrected chi connectivity index (χ3v) is 4.55. The molecule has 2 aliphatic rings. The maximum absolute atomic E-state index is 13.3. The summed E-state index contributed by atoms with van der Waals surface area (Å²) in [6.45, 7) is 0. The molecule has 1 aromatic carbocycles. The number of benzene rings is 1. The summed E-state index contributed by atoms with van der Waals surface area (Å²) in [5, 5.41) is 6.38. The minimum Gasteiger partial charge on any atom is -0.326 e. The standard InChI is InChI=1S/C15H18ClFN2O/c16-13-4-3-12(8-14(13)17)19-15(20)7-9-5-10-1-2-11(6-9)18-10/h3-4,8-11,18H,1-2,5-7H2,(H,19,20). The van der Waals surface area contributed by atoms with Gasteiger partial charge in [0.2, 0.25) is 5.91 Å². The SMILES string of the molecule is O=C(CC1CC2CCC(C1)N2)Nc1ccc(Cl)c(F)c1. The first-order chi connectivity index (χ1) is 9.60. The van der Waals surface area contributed by atoms with Crippen LogP contribution in [0, 0.1) is 11.7 Å². The third kappa shape index (κ3) is 3.13. The van der Waals surface area contributed by atoms with Crippen molar-refractivity contribution >= 4 is 23.2 Å². The molecule has 0 aliphatic carbocycles. The molecule has 0 aromatic heterocycles. The quantitative estimate of drug-likeness (QED) is 0.898. The average molecular weight is 297 g/mol. The number of fused-ring (bicyclic) bond motifs is 2. The molecule has 2 saturated heterocycles. The molecule has 2 fully saturated rings. The number of halogens is 2. The van der Waals surface area contributed by atoms with Gasteiger partial charge in [-0.25, -0.2) is 4.39 Å². The van der Waals surface area contributed by atoms with Gasteiger partial charge in [-0.05, 0) is 49.8 Å². The number of nitrogens with one attached hydrogen (secondary N) is 2. The smallest absolute Gasteiger partial charge is 0.224 e. The Morgan fingerprint density at radius 3 is 2.70 bits per heavy atom. The largest absolute Gasteiger partial charge is 0.326 e. The maximum Gasteiger partial charge on any atom is 0.224 e. The number of carbonyl (C=O) groups is 1. The van der Waals surface area contributed by atoms with E-state index in [0.717, 1.165) is 12.8 Å². The van der Waals surface area contributed by atoms with E-state index in [9.17, 15) is 9.18 Å². The number of amides is 1. The van der Waals surface area contributed by atoms with Crippen molar-refractivity contribution in [2.75, 3.05) is 5.32 Å². The Morgan fingerprint density at radius 1 is 1.35 bits per heavy atom. The van der Waals surface area contributed by atoms with Crippen LogP contribution in [0.3, 0.4) is 0 Å². The van der Waals surface area contributed by atoms with Gasteiger partial charge in [0.25, 0.3) is 0 Å². The van der Waals surface area contributed by atoms with Gasteiger partial charge in [-0.3, -0.25) is 4.79 Å². The molecule has 2 heterocycles. The zero-order valence-corrected chi connectivity index (χ0v) is 11.9. The lowest BCUT2D eigenvalue weighted by molar-refractivity contribution is -0.117. The Labute approximate surface area is 122 Å². The summed E-state index contributed by atoms with van der Waals surface area (Å²) >= 11 is 5.62. The lowest BCUT2D eigenvalue weighted by Gasteiger charge is -2.28. The molecule has 1 amide bonds. The van der Waals surface area contributed by atoms with Gasteiger partial charge in [0.05, 0.1) is 5.02 Å². The van der Waals surface area contributed by atoms with Gasteiger partial charge in [-0.15, -0.1) is 0 Å². The van der Waals surface area contributed by atoms with Crippen LogP contribution >= 0.6 is 11.6 Å². The first-order valence-electron chi connectivity index (χ1n) is 7.11. The van der Waals surface area contributed by atoms with Crippen LogP contribution in [-0.4, -0.2) is 18.0 Å². The third-order valence-electron chi connectivity index (χ3n) is 4.25. The maximum atomic E-state index is 13.3. The Morgan fingerprint density at radius 2 is 2.05 bits per heavy atom. The van der Waals surface area contributed by atoms with Crippen LogP contribution < -0.4 is 10.6 Å². The fourth-order valence-electron chi connectivity index (χ4n) is 3.39. The molecule has 2 bridgehead atoms. The van der Waals surface area contributed by atoms with Crippen molar-refractivity contribution in [2.24, 2.45) is 5.92 Å². The van der Waals surface area contributed by atoms with E-state index in [1.54, 1.807) is 6.07 Å². The molecule has 0 spiro atoms. The van der Waals surface area contributed by atoms with Crippen LogP contribution in [0.25, 0.3) is 0 Å². The summed E-state index contributed by atoms with van der Waals surface area (Å²) in [6, 6.07) is 5.50. The number of piperidine rings is 1. The first kappa shape index (κ1) is 13.8. The van der Waals surface area contributed by atoms with Crippen molar-refractivity contribution in [1.82, 2.24) is 5.32 Å². The Bertz CT molecular complexity index is 511. The van der Waals surface area contributed by atoms with Crippen molar-refractivity contribution in [3.05, 3.63) is 29.0 Å². The monoisotopic (exact) mass is 296 g/mol. The van der Waals surface area contributed by atoms with Crippen molar-refractivity contribution in [3.63, 3.8) is 0 Å². The summed E-state index contributed by atoms with van der Waals surface area (Å²) in [5.41, 5.74) is 0.466. The lowest BCUT2D eigenvalue weighted by Crippen LogP contribution is -2.39. The Hall–Kier alpha value is -1.13. The molecule has 3 nitrogen and oxygen atoms in total. The molecule has 2 atom stereocenters. The summed E-state index contributed by atoms with van der Waals surface area (Å²) in [7, 11) is 0. The molecule has 2 aliphatic heterocycles. The van der Waals surface area contributed by atoms with Crippen molar-refractivity contribution in [1.29, 1.82) is 0 Å². The van der Waals surface area contributed by atoms with Gasteiger partial charge in [-0.1, -0.05) is 11.6 Å². The van der Waals surface area contributed by atoms with E-state index in [0.29, 0.717) is 30.1 Å². The minimum atomic E-state index is -0.510. The second kappa shape index (κ2) is 5.70. The Kier molecular flexibility index (Phi) is 3.94. The van der Waals surface area contributed by atoms with E-state index < -0.39 is 5.82 Å². The van der Waals surface area contributed by atoms with Crippen LogP contribution in [0.1, 0.15) is 32.1 Å². The number of hydrogen-bond donors (Lipinski definition) is 2. The van der Waals surface area contributed by atoms with Crippen LogP contribution in [0.4, 0.5) is 10.1 Å². The van der Waals surface area contributed by atoms with Crippen molar-refractivity contribution in [2.45, 2.75) is 44.2 Å². The molecule has 2 unspecified atom stereocenters. The van der Waals surface area contributed by atoms with Gasteiger partial charge in [0, 0.05) is 24.2 Å². The normalized spacial score (nSPS) is 28.4. The summed E-state index contributed by atoms with van der Waals surface area (Å²) in [4.78, 5) is 12.0. The number of hydrogen-bond acceptors (Lipinski definition) is 2. The molecule has 5 heteroatoms. The number of carbonyl (C=O) groups excluding carboxylic acids is 1. The zero-order chi connectivity index (χ0) is 14.1. The number of rotatable bonds is 3. The molecule has 2 N–H and O–H groups in total. The summed E-state index contributed by atoms with van der Waals surface area (Å²) < 4.78 is 13.3. The van der Waals surface area contributed by atoms with Crippen LogP contribution in [0.5, 0.6) is 0 Å².